The van der Waals surface area contributed by atoms with Crippen LogP contribution >= 0.6 is 0 Å². The van der Waals surface area contributed by atoms with E-state index >= 15 is 0 Å². The zero-order valence-corrected chi connectivity index (χ0v) is 24.9. The minimum atomic E-state index is 0.639. The van der Waals surface area contributed by atoms with Crippen molar-refractivity contribution in [3.63, 3.8) is 0 Å². The molecule has 0 saturated carbocycles. The second-order valence-electron chi connectivity index (χ2n) is 11.6. The molecular formula is C43H27N3. The number of nitriles is 1. The summed E-state index contributed by atoms with van der Waals surface area (Å²) in [6.45, 7) is 0. The van der Waals surface area contributed by atoms with Gasteiger partial charge in [0, 0.05) is 32.8 Å². The van der Waals surface area contributed by atoms with Crippen molar-refractivity contribution in [2.45, 2.75) is 0 Å². The number of aromatic nitrogens is 2. The predicted octanol–water partition coefficient (Wildman–Crippen LogP) is 11.1. The highest BCUT2D eigenvalue weighted by Gasteiger charge is 2.20. The largest absolute Gasteiger partial charge is 0.309 e. The van der Waals surface area contributed by atoms with Crippen LogP contribution < -0.4 is 0 Å². The van der Waals surface area contributed by atoms with E-state index in [0.29, 0.717) is 5.56 Å². The third-order valence-corrected chi connectivity index (χ3v) is 9.19. The SMILES string of the molecule is N#Cc1cccc(-c2ccccc2-c2ccc(-n3c4ccccc4c4ccccc43)cc2)c1-n1c2ccccc2c2ccccc21. The maximum absolute atomic E-state index is 10.4. The molecule has 0 aliphatic rings. The summed E-state index contributed by atoms with van der Waals surface area (Å²) in [6, 6.07) is 60.1. The van der Waals surface area contributed by atoms with E-state index in [2.05, 4.69) is 167 Å². The summed E-state index contributed by atoms with van der Waals surface area (Å²) in [5.74, 6) is 0. The van der Waals surface area contributed by atoms with E-state index in [9.17, 15) is 5.26 Å². The van der Waals surface area contributed by atoms with Crippen LogP contribution in [0.2, 0.25) is 0 Å². The molecule has 0 aliphatic carbocycles. The molecule has 9 aromatic rings. The van der Waals surface area contributed by atoms with Crippen LogP contribution in [0.1, 0.15) is 5.56 Å². The third-order valence-electron chi connectivity index (χ3n) is 9.19. The average Bonchev–Trinajstić information content (AvgIpc) is 3.64. The first-order valence-corrected chi connectivity index (χ1v) is 15.5. The smallest absolute Gasteiger partial charge is 0.101 e. The van der Waals surface area contributed by atoms with Gasteiger partial charge in [-0.1, -0.05) is 121 Å². The van der Waals surface area contributed by atoms with Crippen LogP contribution in [-0.2, 0) is 0 Å². The molecule has 0 amide bonds. The fraction of sp³-hybridized carbons (Fsp3) is 0. The maximum atomic E-state index is 10.4. The molecule has 0 fully saturated rings. The molecule has 0 radical (unpaired) electrons. The molecule has 46 heavy (non-hydrogen) atoms. The molecule has 0 bridgehead atoms. The molecule has 0 saturated heterocycles. The number of hydrogen-bond donors (Lipinski definition) is 0. The standard InChI is InChI=1S/C43H27N3/c44-28-30-12-11-19-38(43(30)46-41-22-9-5-17-36(41)37-18-6-10-23-42(37)46)33-14-2-1-13-32(33)29-24-26-31(27-25-29)45-39-20-7-3-15-34(39)35-16-4-8-21-40(35)45/h1-27H. The van der Waals surface area contributed by atoms with Gasteiger partial charge >= 0.3 is 0 Å². The molecule has 0 atom stereocenters. The lowest BCUT2D eigenvalue weighted by Gasteiger charge is -2.18. The summed E-state index contributed by atoms with van der Waals surface area (Å²) in [4.78, 5) is 0. The van der Waals surface area contributed by atoms with E-state index in [4.69, 9.17) is 0 Å². The number of para-hydroxylation sites is 5. The van der Waals surface area contributed by atoms with E-state index in [1.54, 1.807) is 0 Å². The van der Waals surface area contributed by atoms with E-state index < -0.39 is 0 Å². The van der Waals surface area contributed by atoms with Crippen molar-refractivity contribution in [2.24, 2.45) is 0 Å². The van der Waals surface area contributed by atoms with Crippen LogP contribution in [0.25, 0.3) is 77.2 Å². The van der Waals surface area contributed by atoms with E-state index in [-0.39, 0.29) is 0 Å². The lowest BCUT2D eigenvalue weighted by atomic mass is 9.92. The molecule has 0 N–H and O–H groups in total. The summed E-state index contributed by atoms with van der Waals surface area (Å²) >= 11 is 0. The Morgan fingerprint density at radius 2 is 0.804 bits per heavy atom. The normalized spacial score (nSPS) is 11.5. The Morgan fingerprint density at radius 1 is 0.370 bits per heavy atom. The van der Waals surface area contributed by atoms with E-state index in [1.165, 1.54) is 32.6 Å². The van der Waals surface area contributed by atoms with Gasteiger partial charge in [-0.15, -0.1) is 0 Å². The number of nitrogens with zero attached hydrogens (tertiary/aromatic N) is 3. The molecule has 0 spiro atoms. The lowest BCUT2D eigenvalue weighted by Crippen LogP contribution is -2.01. The quantitative estimate of drug-likeness (QED) is 0.202. The minimum Gasteiger partial charge on any atom is -0.309 e. The monoisotopic (exact) mass is 585 g/mol. The number of fused-ring (bicyclic) bond motifs is 6. The zero-order chi connectivity index (χ0) is 30.6. The molecule has 3 nitrogen and oxygen atoms in total. The van der Waals surface area contributed by atoms with Crippen LogP contribution in [0.15, 0.2) is 164 Å². The second kappa shape index (κ2) is 10.4. The molecule has 9 rings (SSSR count). The zero-order valence-electron chi connectivity index (χ0n) is 24.9. The van der Waals surface area contributed by atoms with Crippen LogP contribution in [0.3, 0.4) is 0 Å². The fourth-order valence-corrected chi connectivity index (χ4v) is 7.22. The summed E-state index contributed by atoms with van der Waals surface area (Å²) in [6.07, 6.45) is 0. The molecule has 2 heterocycles. The highest BCUT2D eigenvalue weighted by molar-refractivity contribution is 6.11. The summed E-state index contributed by atoms with van der Waals surface area (Å²) in [7, 11) is 0. The van der Waals surface area contributed by atoms with E-state index in [1.807, 2.05) is 12.1 Å². The van der Waals surface area contributed by atoms with Gasteiger partial charge in [-0.2, -0.15) is 5.26 Å². The van der Waals surface area contributed by atoms with Crippen LogP contribution in [0, 0.1) is 11.3 Å². The van der Waals surface area contributed by atoms with E-state index in [0.717, 1.165) is 44.7 Å². The van der Waals surface area contributed by atoms with Crippen LogP contribution in [-0.4, -0.2) is 9.13 Å². The van der Waals surface area contributed by atoms with Crippen LogP contribution in [0.4, 0.5) is 0 Å². The summed E-state index contributed by atoms with van der Waals surface area (Å²) in [5, 5.41) is 15.3. The Kier molecular flexibility index (Phi) is 5.88. The first kappa shape index (κ1) is 26.1. The second-order valence-corrected chi connectivity index (χ2v) is 11.6. The number of hydrogen-bond acceptors (Lipinski definition) is 1. The van der Waals surface area contributed by atoms with Crippen molar-refractivity contribution in [3.8, 4) is 39.7 Å². The van der Waals surface area contributed by atoms with Gasteiger partial charge < -0.3 is 9.13 Å². The van der Waals surface area contributed by atoms with Crippen molar-refractivity contribution in [1.82, 2.24) is 9.13 Å². The number of rotatable bonds is 4. The van der Waals surface area contributed by atoms with Crippen molar-refractivity contribution in [1.29, 1.82) is 5.26 Å². The number of benzene rings is 7. The summed E-state index contributed by atoms with van der Waals surface area (Å²) < 4.78 is 4.61. The molecule has 0 unspecified atom stereocenters. The molecule has 0 aliphatic heterocycles. The van der Waals surface area contributed by atoms with Crippen molar-refractivity contribution in [3.05, 3.63) is 169 Å². The Balaban J connectivity index is 1.24. The first-order chi connectivity index (χ1) is 22.8. The van der Waals surface area contributed by atoms with Gasteiger partial charge in [0.25, 0.3) is 0 Å². The van der Waals surface area contributed by atoms with Crippen molar-refractivity contribution in [2.75, 3.05) is 0 Å². The Labute approximate surface area is 266 Å². The maximum Gasteiger partial charge on any atom is 0.101 e. The fourth-order valence-electron chi connectivity index (χ4n) is 7.22. The third kappa shape index (κ3) is 3.84. The Bertz CT molecular complexity index is 2540. The highest BCUT2D eigenvalue weighted by Crippen LogP contribution is 2.41. The Hall–Kier alpha value is -6.37. The molecule has 7 aromatic carbocycles. The van der Waals surface area contributed by atoms with Gasteiger partial charge in [0.2, 0.25) is 0 Å². The van der Waals surface area contributed by atoms with Crippen molar-refractivity contribution >= 4 is 43.6 Å². The van der Waals surface area contributed by atoms with Gasteiger partial charge in [-0.25, -0.2) is 0 Å². The molecule has 3 heteroatoms. The summed E-state index contributed by atoms with van der Waals surface area (Å²) in [5.41, 5.74) is 11.6. The minimum absolute atomic E-state index is 0.639. The van der Waals surface area contributed by atoms with Crippen molar-refractivity contribution < 1.29 is 0 Å². The first-order valence-electron chi connectivity index (χ1n) is 15.5. The van der Waals surface area contributed by atoms with Gasteiger partial charge in [0.05, 0.1) is 33.3 Å². The molecular weight excluding hydrogens is 558 g/mol. The molecule has 2 aromatic heterocycles. The van der Waals surface area contributed by atoms with Gasteiger partial charge in [-0.05, 0) is 59.2 Å². The lowest BCUT2D eigenvalue weighted by molar-refractivity contribution is 1.17. The highest BCUT2D eigenvalue weighted by atomic mass is 15.0. The van der Waals surface area contributed by atoms with Gasteiger partial charge in [-0.3, -0.25) is 0 Å². The van der Waals surface area contributed by atoms with Crippen LogP contribution in [0.5, 0.6) is 0 Å². The Morgan fingerprint density at radius 3 is 1.33 bits per heavy atom. The average molecular weight is 586 g/mol. The van der Waals surface area contributed by atoms with Gasteiger partial charge in [0.15, 0.2) is 0 Å². The predicted molar refractivity (Wildman–Crippen MR) is 191 cm³/mol. The topological polar surface area (TPSA) is 33.6 Å². The van der Waals surface area contributed by atoms with Gasteiger partial charge in [0.1, 0.15) is 6.07 Å². The molecule has 214 valence electrons.